The minimum Gasteiger partial charge on any atom is -0.275 e. The molecule has 0 aromatic heterocycles. The van der Waals surface area contributed by atoms with Gasteiger partial charge in [-0.05, 0) is 78.9 Å². The van der Waals surface area contributed by atoms with Gasteiger partial charge in [0.05, 0.1) is 22.7 Å². The Balaban J connectivity index is 0.000000152. The Morgan fingerprint density at radius 1 is 0.239 bits per heavy atom. The fourth-order valence-corrected chi connectivity index (χ4v) is 7.33. The quantitative estimate of drug-likeness (QED) is 0.178. The van der Waals surface area contributed by atoms with E-state index in [1.54, 1.807) is 24.3 Å². The zero-order valence-corrected chi connectivity index (χ0v) is 35.4. The van der Waals surface area contributed by atoms with Crippen LogP contribution in [-0.4, -0.2) is 93.8 Å². The van der Waals surface area contributed by atoms with Crippen LogP contribution in [0.3, 0.4) is 0 Å². The van der Waals surface area contributed by atoms with Crippen LogP contribution >= 0.6 is 0 Å². The van der Waals surface area contributed by atoms with Crippen molar-refractivity contribution in [2.45, 2.75) is 32.1 Å². The first kappa shape index (κ1) is 45.9. The van der Waals surface area contributed by atoms with E-state index in [-0.39, 0.29) is 47.3 Å². The Bertz CT molecular complexity index is 2520. The Labute approximate surface area is 381 Å². The summed E-state index contributed by atoms with van der Waals surface area (Å²) in [5.74, 6) is -4.07. The summed E-state index contributed by atoms with van der Waals surface area (Å²) in [6, 6.07) is 20.4. The molecule has 0 fully saturated rings. The maximum Gasteiger partial charge on any atom is 0.258 e. The highest BCUT2D eigenvalue weighted by molar-refractivity contribution is 6.30. The van der Waals surface area contributed by atoms with Crippen LogP contribution in [-0.2, 0) is 64.0 Å². The Kier molecular flexibility index (Phi) is 13.8. The molecule has 6 aliphatic rings. The molecule has 0 atom stereocenters. The van der Waals surface area contributed by atoms with Crippen LogP contribution in [0, 0.1) is 0 Å². The summed E-state index contributed by atoms with van der Waals surface area (Å²) in [6.07, 6.45) is 18.7. The molecule has 0 N–H and O–H groups in total. The first-order valence-electron chi connectivity index (χ1n) is 20.8. The largest absolute Gasteiger partial charge is 0.275 e. The topological polar surface area (TPSA) is 224 Å². The van der Waals surface area contributed by atoms with Crippen LogP contribution in [0.15, 0.2) is 146 Å². The lowest BCUT2D eigenvalue weighted by molar-refractivity contribution is -0.138. The molecule has 0 spiro atoms. The van der Waals surface area contributed by atoms with Gasteiger partial charge in [0.2, 0.25) is 0 Å². The lowest BCUT2D eigenvalue weighted by Crippen LogP contribution is -2.31. The number of carbonyl (C=O) groups excluding carboxylic acids is 12. The number of hydrogen-bond acceptors (Lipinski definition) is 12. The normalized spacial score (nSPS) is 17.2. The zero-order chi connectivity index (χ0) is 47.8. The highest BCUT2D eigenvalue weighted by Gasteiger charge is 2.29. The summed E-state index contributed by atoms with van der Waals surface area (Å²) < 4.78 is 0. The van der Waals surface area contributed by atoms with Crippen LogP contribution in [0.5, 0.6) is 0 Å². The molecule has 18 heteroatoms. The molecule has 18 nitrogen and oxygen atoms in total. The number of anilines is 4. The third-order valence-corrected chi connectivity index (χ3v) is 10.7. The van der Waals surface area contributed by atoms with Crippen molar-refractivity contribution in [3.05, 3.63) is 157 Å². The van der Waals surface area contributed by atoms with E-state index in [2.05, 4.69) is 0 Å². The van der Waals surface area contributed by atoms with Gasteiger partial charge in [-0.15, -0.1) is 0 Å². The standard InChI is InChI=1S/C21H14N2O4.C14H8N2O4.C14H16N2O4/c24-18-9-10-19(25)22(18)16-5-1-14(2-6-16)13-15-3-7-17(8-4-15)23-20(26)11-12-21(23)27;17-11-5-6-12(18)15(11)9-1-2-10(4-3-9)16-13(19)7-8-14(16)20;17-11-5-6-12(18)15(11)9-3-1-2-4-10-16-13(19)7-8-14(16)20/h1-12H,13H2;1-8H;5-8H,1-4,9-10H2. The number of benzene rings is 3. The monoisotopic (exact) mass is 902 g/mol. The van der Waals surface area contributed by atoms with Gasteiger partial charge in [-0.1, -0.05) is 37.1 Å². The van der Waals surface area contributed by atoms with Crippen molar-refractivity contribution in [2.24, 2.45) is 0 Å². The van der Waals surface area contributed by atoms with Crippen molar-refractivity contribution in [1.29, 1.82) is 0 Å². The fourth-order valence-electron chi connectivity index (χ4n) is 7.33. The molecular weight excluding hydrogens is 865 g/mol. The van der Waals surface area contributed by atoms with Crippen molar-refractivity contribution in [2.75, 3.05) is 32.7 Å². The van der Waals surface area contributed by atoms with Crippen molar-refractivity contribution >= 4 is 93.6 Å². The van der Waals surface area contributed by atoms with Crippen molar-refractivity contribution in [3.8, 4) is 0 Å². The molecule has 67 heavy (non-hydrogen) atoms. The van der Waals surface area contributed by atoms with Gasteiger partial charge in [0.1, 0.15) is 0 Å². The predicted octanol–water partition coefficient (Wildman–Crippen LogP) is 3.08. The number of carbonyl (C=O) groups is 12. The smallest absolute Gasteiger partial charge is 0.258 e. The Morgan fingerprint density at radius 2 is 0.433 bits per heavy atom. The summed E-state index contributed by atoms with van der Waals surface area (Å²) >= 11 is 0. The van der Waals surface area contributed by atoms with Crippen molar-refractivity contribution in [1.82, 2.24) is 9.80 Å². The first-order valence-corrected chi connectivity index (χ1v) is 20.8. The minimum absolute atomic E-state index is 0.255. The van der Waals surface area contributed by atoms with Gasteiger partial charge in [-0.3, -0.25) is 67.3 Å². The van der Waals surface area contributed by atoms with Gasteiger partial charge in [0.15, 0.2) is 0 Å². The molecule has 0 radical (unpaired) electrons. The molecule has 6 heterocycles. The van der Waals surface area contributed by atoms with E-state index >= 15 is 0 Å². The molecular formula is C49H38N6O12. The average Bonchev–Trinajstić information content (AvgIpc) is 4.17. The summed E-state index contributed by atoms with van der Waals surface area (Å²) in [5.41, 5.74) is 3.86. The Morgan fingerprint density at radius 3 is 0.657 bits per heavy atom. The van der Waals surface area contributed by atoms with Gasteiger partial charge >= 0.3 is 0 Å². The molecule has 6 aliphatic heterocycles. The van der Waals surface area contributed by atoms with Crippen LogP contribution in [0.1, 0.15) is 36.8 Å². The zero-order valence-electron chi connectivity index (χ0n) is 35.4. The van der Waals surface area contributed by atoms with E-state index in [9.17, 15) is 57.5 Å². The second kappa shape index (κ2) is 20.2. The molecule has 0 bridgehead atoms. The van der Waals surface area contributed by atoms with Crippen LogP contribution in [0.4, 0.5) is 22.7 Å². The van der Waals surface area contributed by atoms with E-state index in [1.807, 2.05) is 24.3 Å². The number of imide groups is 6. The number of hydrogen-bond donors (Lipinski definition) is 0. The number of rotatable bonds is 13. The van der Waals surface area contributed by atoms with Gasteiger partial charge < -0.3 is 0 Å². The summed E-state index contributed by atoms with van der Waals surface area (Å²) in [6.45, 7) is 0.849. The van der Waals surface area contributed by atoms with E-state index in [1.165, 1.54) is 107 Å². The molecule has 9 rings (SSSR count). The first-order chi connectivity index (χ1) is 32.2. The van der Waals surface area contributed by atoms with E-state index in [4.69, 9.17) is 0 Å². The van der Waals surface area contributed by atoms with Crippen LogP contribution < -0.4 is 19.6 Å². The molecule has 3 aromatic carbocycles. The SMILES string of the molecule is O=C1C=CC(=O)N1CCCCCCN1C(=O)C=CC1=O.O=C1C=CC(=O)N1c1ccc(Cc2ccc(N3C(=O)C=CC3=O)cc2)cc1.O=C1C=CC(=O)N1c1ccc(N2C(=O)C=CC2=O)cc1. The van der Waals surface area contributed by atoms with Crippen molar-refractivity contribution < 1.29 is 57.5 Å². The predicted molar refractivity (Wildman–Crippen MR) is 239 cm³/mol. The van der Waals surface area contributed by atoms with Gasteiger partial charge in [-0.2, -0.15) is 0 Å². The molecule has 336 valence electrons. The number of nitrogens with zero attached hydrogens (tertiary/aromatic N) is 6. The third kappa shape index (κ3) is 10.5. The summed E-state index contributed by atoms with van der Waals surface area (Å²) in [4.78, 5) is 145. The van der Waals surface area contributed by atoms with Gasteiger partial charge in [0, 0.05) is 86.0 Å². The summed E-state index contributed by atoms with van der Waals surface area (Å²) in [5, 5.41) is 0. The highest BCUT2D eigenvalue weighted by atomic mass is 16.2. The minimum atomic E-state index is -0.419. The lowest BCUT2D eigenvalue weighted by Gasteiger charge is -2.17. The lowest BCUT2D eigenvalue weighted by atomic mass is 10.0. The number of amides is 12. The molecule has 3 aromatic rings. The van der Waals surface area contributed by atoms with E-state index in [0.29, 0.717) is 42.3 Å². The van der Waals surface area contributed by atoms with Crippen LogP contribution in [0.2, 0.25) is 0 Å². The number of unbranched alkanes of at least 4 members (excludes halogenated alkanes) is 3. The van der Waals surface area contributed by atoms with E-state index < -0.39 is 23.6 Å². The third-order valence-electron chi connectivity index (χ3n) is 10.7. The fraction of sp³-hybridized carbons (Fsp3) is 0.143. The van der Waals surface area contributed by atoms with Crippen LogP contribution in [0.25, 0.3) is 0 Å². The maximum absolute atomic E-state index is 11.7. The second-order valence-corrected chi connectivity index (χ2v) is 15.1. The average molecular weight is 903 g/mol. The van der Waals surface area contributed by atoms with Gasteiger partial charge in [-0.25, -0.2) is 19.6 Å². The molecule has 0 aliphatic carbocycles. The maximum atomic E-state index is 11.7. The highest BCUT2D eigenvalue weighted by Crippen LogP contribution is 2.26. The Hall–Kier alpha value is -9.06. The summed E-state index contributed by atoms with van der Waals surface area (Å²) in [7, 11) is 0. The van der Waals surface area contributed by atoms with E-state index in [0.717, 1.165) is 56.4 Å². The molecule has 12 amide bonds. The van der Waals surface area contributed by atoms with Gasteiger partial charge in [0.25, 0.3) is 70.9 Å². The molecule has 0 saturated heterocycles. The second-order valence-electron chi connectivity index (χ2n) is 15.1. The molecule has 0 unspecified atom stereocenters. The van der Waals surface area contributed by atoms with Crippen molar-refractivity contribution in [3.63, 3.8) is 0 Å². The molecule has 0 saturated carbocycles.